The van der Waals surface area contributed by atoms with Crippen molar-refractivity contribution in [2.45, 2.75) is 86.5 Å². The Hall–Kier alpha value is -9.78. The Morgan fingerprint density at radius 3 is 1.78 bits per heavy atom. The molecule has 0 spiro atoms. The van der Waals surface area contributed by atoms with Gasteiger partial charge < -0.3 is 23.5 Å². The van der Waals surface area contributed by atoms with E-state index in [2.05, 4.69) is 313 Å². The van der Waals surface area contributed by atoms with Gasteiger partial charge in [-0.05, 0) is 164 Å². The topological polar surface area (TPSA) is 36.0 Å². The van der Waals surface area contributed by atoms with Crippen molar-refractivity contribution in [2.75, 3.05) is 14.7 Å². The number of furan rings is 2. The zero-order chi connectivity index (χ0) is 59.9. The molecule has 0 unspecified atom stereocenters. The number of allylic oxidation sites excluding steroid dienone is 1. The van der Waals surface area contributed by atoms with Crippen LogP contribution < -0.4 is 31.1 Å². The molecule has 0 amide bonds. The van der Waals surface area contributed by atoms with E-state index < -0.39 is 0 Å². The molecule has 0 saturated carbocycles. The summed E-state index contributed by atoms with van der Waals surface area (Å²) in [6.07, 6.45) is 3.24. The quantitative estimate of drug-likeness (QED) is 0.135. The number of nitrogens with zero attached hydrogens (tertiary/aromatic N) is 3. The first kappa shape index (κ1) is 55.1. The fourth-order valence-corrected chi connectivity index (χ4v) is 13.7. The molecule has 87 heavy (non-hydrogen) atoms. The molecule has 0 radical (unpaired) electrons. The molecule has 0 aliphatic carbocycles. The molecule has 0 fully saturated rings. The van der Waals surface area contributed by atoms with Gasteiger partial charge in [-0.2, -0.15) is 0 Å². The maximum atomic E-state index is 6.79. The number of anilines is 9. The predicted molar refractivity (Wildman–Crippen MR) is 372 cm³/mol. The molecule has 4 heterocycles. The number of rotatable bonds is 9. The van der Waals surface area contributed by atoms with E-state index in [0.29, 0.717) is 0 Å². The summed E-state index contributed by atoms with van der Waals surface area (Å²) >= 11 is 0. The predicted octanol–water partition coefficient (Wildman–Crippen LogP) is 21.5. The zero-order valence-corrected chi connectivity index (χ0v) is 51.5. The van der Waals surface area contributed by atoms with Crippen molar-refractivity contribution in [1.29, 1.82) is 0 Å². The SMILES string of the molecule is CC.CC/C=C(/c1ccc(N2c3ccc(C(C)(C)C)cc3B3c4ccc(N(c5ccccc5)c5ccc6ccccc6c5-c5ccccc5)cc4N(c4ccc5c(c4)oc4ccccc45)c4cc(C(C)(C)C)cc2c43)cc1)c1c(C)oc2ccccc12. The summed E-state index contributed by atoms with van der Waals surface area (Å²) in [5.41, 5.74) is 24.5. The van der Waals surface area contributed by atoms with Crippen LogP contribution in [-0.2, 0) is 10.8 Å². The minimum absolute atomic E-state index is 0.111. The smallest absolute Gasteiger partial charge is 0.252 e. The average molecular weight is 1130 g/mol. The molecule has 0 atom stereocenters. The van der Waals surface area contributed by atoms with E-state index in [-0.39, 0.29) is 17.5 Å². The van der Waals surface area contributed by atoms with Gasteiger partial charge in [0, 0.05) is 78.9 Å². The molecular weight excluding hydrogens is 1060 g/mol. The first-order chi connectivity index (χ1) is 42.3. The van der Waals surface area contributed by atoms with Crippen LogP contribution in [0, 0.1) is 6.92 Å². The van der Waals surface area contributed by atoms with Gasteiger partial charge in [-0.25, -0.2) is 0 Å². The molecule has 13 aromatic rings. The summed E-state index contributed by atoms with van der Waals surface area (Å²) in [5, 5.41) is 5.74. The first-order valence-corrected chi connectivity index (χ1v) is 31.0. The van der Waals surface area contributed by atoms with Gasteiger partial charge in [0.25, 0.3) is 6.71 Å². The van der Waals surface area contributed by atoms with Gasteiger partial charge in [-0.3, -0.25) is 0 Å². The van der Waals surface area contributed by atoms with Crippen molar-refractivity contribution >= 4 is 124 Å². The normalized spacial score (nSPS) is 13.0. The Labute approximate surface area is 512 Å². The molecule has 11 aromatic carbocycles. The third-order valence-electron chi connectivity index (χ3n) is 17.8. The third kappa shape index (κ3) is 9.32. The number of hydrogen-bond acceptors (Lipinski definition) is 5. The van der Waals surface area contributed by atoms with E-state index in [4.69, 9.17) is 8.83 Å². The van der Waals surface area contributed by atoms with E-state index in [0.717, 1.165) is 102 Å². The van der Waals surface area contributed by atoms with Crippen LogP contribution in [0.25, 0.3) is 60.4 Å². The Morgan fingerprint density at radius 1 is 0.471 bits per heavy atom. The third-order valence-corrected chi connectivity index (χ3v) is 17.8. The van der Waals surface area contributed by atoms with Crippen molar-refractivity contribution in [1.82, 2.24) is 0 Å². The number of hydrogen-bond donors (Lipinski definition) is 0. The average Bonchev–Trinajstić information content (AvgIpc) is 1.24. The van der Waals surface area contributed by atoms with Gasteiger partial charge in [0.2, 0.25) is 0 Å². The Kier molecular flexibility index (Phi) is 13.7. The standard InChI is InChI=1S/C79H66BN3O2.C2H6/c1-9-22-60(75-50(2)84-73-32-21-19-30-64(73)75)52-33-37-57(38-34-52)82-67-44-36-54(78(3,4)5)45-66(67)80-65-42-40-58(81(56-26-14-11-15-27-56)68-43-35-51-23-16-17-28-61(51)76(68)53-24-12-10-13-25-53)48-69(65)83(71-47-55(79(6,7)8)46-70(82)77(71)80)59-39-41-63-62-29-18-20-31-72(62)85-74(63)49-59;1-2/h10-49H,9H2,1-8H3;1-2H3/b60-22-;. The van der Waals surface area contributed by atoms with Gasteiger partial charge in [0.1, 0.15) is 22.5 Å². The molecule has 2 aliphatic heterocycles. The van der Waals surface area contributed by atoms with Crippen molar-refractivity contribution in [3.05, 3.63) is 271 Å². The maximum absolute atomic E-state index is 6.79. The van der Waals surface area contributed by atoms with Crippen molar-refractivity contribution in [3.63, 3.8) is 0 Å². The number of para-hydroxylation sites is 3. The highest BCUT2D eigenvalue weighted by Crippen LogP contribution is 2.51. The van der Waals surface area contributed by atoms with E-state index in [1.54, 1.807) is 0 Å². The summed E-state index contributed by atoms with van der Waals surface area (Å²) in [5.74, 6) is 0.927. The molecule has 0 N–H and O–H groups in total. The second-order valence-corrected chi connectivity index (χ2v) is 25.1. The molecule has 0 bridgehead atoms. The molecule has 2 aromatic heterocycles. The lowest BCUT2D eigenvalue weighted by Crippen LogP contribution is -2.61. The van der Waals surface area contributed by atoms with Crippen LogP contribution in [0.4, 0.5) is 51.2 Å². The lowest BCUT2D eigenvalue weighted by molar-refractivity contribution is 0.577. The van der Waals surface area contributed by atoms with Gasteiger partial charge in [0.15, 0.2) is 0 Å². The Balaban J connectivity index is 0.00000330. The van der Waals surface area contributed by atoms with Crippen LogP contribution in [0.1, 0.15) is 96.7 Å². The minimum Gasteiger partial charge on any atom is -0.461 e. The van der Waals surface area contributed by atoms with Gasteiger partial charge >= 0.3 is 0 Å². The Morgan fingerprint density at radius 2 is 1.08 bits per heavy atom. The monoisotopic (exact) mass is 1130 g/mol. The highest BCUT2D eigenvalue weighted by atomic mass is 16.3. The van der Waals surface area contributed by atoms with Gasteiger partial charge in [-0.15, -0.1) is 0 Å². The number of fused-ring (bicyclic) bond motifs is 9. The molecule has 0 saturated heterocycles. The fourth-order valence-electron chi connectivity index (χ4n) is 13.7. The first-order valence-electron chi connectivity index (χ1n) is 31.0. The second-order valence-electron chi connectivity index (χ2n) is 25.1. The summed E-state index contributed by atoms with van der Waals surface area (Å²) < 4.78 is 13.2. The Bertz CT molecular complexity index is 4810. The van der Waals surface area contributed by atoms with Crippen LogP contribution in [-0.4, -0.2) is 6.71 Å². The molecule has 15 rings (SSSR count). The minimum atomic E-state index is -0.220. The van der Waals surface area contributed by atoms with Crippen LogP contribution in [0.3, 0.4) is 0 Å². The molecule has 426 valence electrons. The molecule has 6 heteroatoms. The van der Waals surface area contributed by atoms with Crippen LogP contribution >= 0.6 is 0 Å². The highest BCUT2D eigenvalue weighted by molar-refractivity contribution is 7.00. The van der Waals surface area contributed by atoms with Crippen molar-refractivity contribution in [2.24, 2.45) is 0 Å². The second kappa shape index (κ2) is 21.6. The number of aryl methyl sites for hydroxylation is 1. The lowest BCUT2D eigenvalue weighted by atomic mass is 9.33. The van der Waals surface area contributed by atoms with Crippen LogP contribution in [0.5, 0.6) is 0 Å². The molecule has 2 aliphatic rings. The lowest BCUT2D eigenvalue weighted by Gasteiger charge is -2.45. The summed E-state index contributed by atoms with van der Waals surface area (Å²) in [7, 11) is 0. The van der Waals surface area contributed by atoms with Gasteiger partial charge in [-0.1, -0.05) is 214 Å². The van der Waals surface area contributed by atoms with Gasteiger partial charge in [0.05, 0.1) is 5.69 Å². The molecule has 5 nitrogen and oxygen atoms in total. The van der Waals surface area contributed by atoms with E-state index in [1.807, 2.05) is 13.8 Å². The summed E-state index contributed by atoms with van der Waals surface area (Å²) in [6, 6.07) is 87.6. The number of benzene rings is 11. The maximum Gasteiger partial charge on any atom is 0.252 e. The van der Waals surface area contributed by atoms with E-state index >= 15 is 0 Å². The highest BCUT2D eigenvalue weighted by Gasteiger charge is 2.45. The van der Waals surface area contributed by atoms with E-state index in [9.17, 15) is 0 Å². The van der Waals surface area contributed by atoms with Crippen molar-refractivity contribution in [3.8, 4) is 11.1 Å². The fraction of sp³-hybridized carbons (Fsp3) is 0.160. The summed E-state index contributed by atoms with van der Waals surface area (Å²) in [4.78, 5) is 7.58. The largest absolute Gasteiger partial charge is 0.461 e. The van der Waals surface area contributed by atoms with Crippen molar-refractivity contribution < 1.29 is 8.83 Å². The van der Waals surface area contributed by atoms with E-state index in [1.165, 1.54) is 60.8 Å². The summed E-state index contributed by atoms with van der Waals surface area (Å²) in [6.45, 7) is 22.2. The zero-order valence-electron chi connectivity index (χ0n) is 51.5. The van der Waals surface area contributed by atoms with Crippen LogP contribution in [0.2, 0.25) is 0 Å². The molecular formula is C81H72BN3O2. The van der Waals surface area contributed by atoms with Crippen LogP contribution in [0.15, 0.2) is 251 Å².